The number of hydrogen-bond donors (Lipinski definition) is 6. The average molecular weight is 930 g/mol. The number of carboxylic acid groups (broad SMARTS) is 1. The van der Waals surface area contributed by atoms with E-state index < -0.39 is 35.0 Å². The molecule has 49 heavy (non-hydrogen) atoms. The Bertz CT molecular complexity index is 840. The van der Waals surface area contributed by atoms with Gasteiger partial charge < -0.3 is 37.9 Å². The molecule has 5 atom stereocenters. The van der Waals surface area contributed by atoms with Gasteiger partial charge in [0.15, 0.2) is 5.78 Å². The van der Waals surface area contributed by atoms with Gasteiger partial charge in [-0.1, -0.05) is 111 Å². The van der Waals surface area contributed by atoms with E-state index >= 15 is 0 Å². The Morgan fingerprint density at radius 3 is 1.61 bits per heavy atom. The maximum atomic E-state index is 12.2. The van der Waals surface area contributed by atoms with Gasteiger partial charge >= 0.3 is 5.97 Å². The molecular formula is C39H83N2O7U-. The van der Waals surface area contributed by atoms with E-state index in [1.807, 2.05) is 61.8 Å². The van der Waals surface area contributed by atoms with Crippen molar-refractivity contribution < 1.29 is 65.9 Å². The van der Waals surface area contributed by atoms with Gasteiger partial charge in [0.25, 0.3) is 0 Å². The van der Waals surface area contributed by atoms with Crippen LogP contribution in [0.2, 0.25) is 0 Å². The first-order valence-corrected chi connectivity index (χ1v) is 18.0. The van der Waals surface area contributed by atoms with Crippen molar-refractivity contribution in [2.45, 2.75) is 194 Å². The van der Waals surface area contributed by atoms with Crippen LogP contribution in [0.1, 0.15) is 170 Å². The summed E-state index contributed by atoms with van der Waals surface area (Å²) in [6, 6.07) is -0.647. The fourth-order valence-electron chi connectivity index (χ4n) is 4.44. The van der Waals surface area contributed by atoms with Crippen molar-refractivity contribution >= 4 is 17.7 Å². The molecule has 0 aromatic rings. The Balaban J connectivity index is -0.000000135. The summed E-state index contributed by atoms with van der Waals surface area (Å²) in [7, 11) is 0. The molecule has 0 rings (SSSR count). The number of carbonyl (C=O) groups excluding carboxylic acids is 2. The first kappa shape index (κ1) is 60.6. The summed E-state index contributed by atoms with van der Waals surface area (Å²) in [6.45, 7) is 32.3. The molecule has 5 unspecified atom stereocenters. The van der Waals surface area contributed by atoms with Gasteiger partial charge in [0.05, 0.1) is 24.4 Å². The quantitative estimate of drug-likeness (QED) is 0.0753. The van der Waals surface area contributed by atoms with E-state index in [2.05, 4.69) is 53.8 Å². The molecule has 10 heteroatoms. The van der Waals surface area contributed by atoms with Crippen LogP contribution in [0.5, 0.6) is 0 Å². The minimum absolute atomic E-state index is 0. The van der Waals surface area contributed by atoms with Crippen molar-refractivity contribution in [1.82, 2.24) is 5.32 Å². The van der Waals surface area contributed by atoms with Gasteiger partial charge in [-0.15, -0.1) is 0 Å². The standard InChI is InChI=1S/C13H26NO2.C12H26O2.C11H21NO3.C2H6.CH4.U/c1-7-8-13(6,12(3,4)5)11(16)14-9-10(2)15;1-6-7-10(13)8-11(14)12(4,5)9(2)3;1-4-11(3,5-2)10(15)8(12)6-7-9(13)14;1-2;;/h7,10,15H,8-9H2,1-6H3,(H,14,16);9-11,13-14H,6-8H2,1-5H3;8H,4-7,12H2,1-3H3,(H,13,14);1-2H3;1H4;/q-1;;;;;. The van der Waals surface area contributed by atoms with Gasteiger partial charge in [-0.05, 0) is 55.8 Å². The molecule has 0 heterocycles. The predicted molar refractivity (Wildman–Crippen MR) is 204 cm³/mol. The third-order valence-corrected chi connectivity index (χ3v) is 9.95. The van der Waals surface area contributed by atoms with Crippen LogP contribution >= 0.6 is 0 Å². The first-order valence-electron chi connectivity index (χ1n) is 18.0. The number of aliphatic carboxylic acids is 1. The molecule has 0 aliphatic rings. The molecular weight excluding hydrogens is 846 g/mol. The molecule has 0 aromatic carbocycles. The summed E-state index contributed by atoms with van der Waals surface area (Å²) in [5.74, 6) is -0.493. The molecule has 0 bridgehead atoms. The second-order valence-electron chi connectivity index (χ2n) is 15.1. The Morgan fingerprint density at radius 2 is 1.31 bits per heavy atom. The monoisotopic (exact) mass is 930 g/mol. The summed E-state index contributed by atoms with van der Waals surface area (Å²) in [5, 5.41) is 40.1. The SMILES string of the molecule is C.CC.CCC(C)(CC)C(=O)C(N)CCC(=O)O.CCCC(O)CC(O)C(C)(C)C(C)C.C[CH-]CC(C)(C(=O)NCC(C)O)C(C)(C)C.[U]. The minimum atomic E-state index is -0.909. The predicted octanol–water partition coefficient (Wildman–Crippen LogP) is 7.97. The Labute approximate surface area is 327 Å². The van der Waals surface area contributed by atoms with Crippen LogP contribution in [0.25, 0.3) is 0 Å². The van der Waals surface area contributed by atoms with Crippen LogP contribution in [0.15, 0.2) is 0 Å². The molecule has 7 N–H and O–H groups in total. The number of aliphatic hydroxyl groups is 3. The van der Waals surface area contributed by atoms with E-state index in [0.717, 1.165) is 32.1 Å². The third kappa shape index (κ3) is 24.4. The number of Topliss-reactive ketones (excluding diaryl/α,β-unsaturated/α-hetero) is 1. The maximum absolute atomic E-state index is 12.2. The first-order chi connectivity index (χ1) is 21.3. The molecule has 0 aliphatic heterocycles. The van der Waals surface area contributed by atoms with E-state index in [9.17, 15) is 29.7 Å². The molecule has 296 valence electrons. The molecule has 9 nitrogen and oxygen atoms in total. The van der Waals surface area contributed by atoms with Gasteiger partial charge in [0, 0.05) is 54.9 Å². The number of ketones is 1. The second-order valence-corrected chi connectivity index (χ2v) is 15.1. The van der Waals surface area contributed by atoms with Crippen molar-refractivity contribution in [1.29, 1.82) is 0 Å². The number of hydrogen-bond acceptors (Lipinski definition) is 7. The zero-order valence-electron chi connectivity index (χ0n) is 33.9. The molecule has 0 aliphatic carbocycles. The smallest absolute Gasteiger partial charge is 0.303 e. The Morgan fingerprint density at radius 1 is 0.857 bits per heavy atom. The normalized spacial score (nSPS) is 15.0. The van der Waals surface area contributed by atoms with Gasteiger partial charge in [-0.25, -0.2) is 0 Å². The fraction of sp³-hybridized carbons (Fsp3) is 0.897. The summed E-state index contributed by atoms with van der Waals surface area (Å²) in [6.07, 6.45) is 5.40. The van der Waals surface area contributed by atoms with Crippen molar-refractivity contribution in [3.05, 3.63) is 6.42 Å². The van der Waals surface area contributed by atoms with Crippen LogP contribution < -0.4 is 11.1 Å². The number of nitrogens with one attached hydrogen (secondary N) is 1. The minimum Gasteiger partial charge on any atom is -0.481 e. The molecule has 0 fully saturated rings. The maximum Gasteiger partial charge on any atom is 0.303 e. The van der Waals surface area contributed by atoms with E-state index in [1.54, 1.807) is 6.92 Å². The van der Waals surface area contributed by atoms with Crippen molar-refractivity contribution in [2.75, 3.05) is 6.54 Å². The third-order valence-electron chi connectivity index (χ3n) is 9.95. The fourth-order valence-corrected chi connectivity index (χ4v) is 4.44. The average Bonchev–Trinajstić information content (AvgIpc) is 2.98. The summed E-state index contributed by atoms with van der Waals surface area (Å²) in [4.78, 5) is 34.4. The Hall–Kier alpha value is -0.498. The van der Waals surface area contributed by atoms with Crippen LogP contribution in [-0.4, -0.2) is 69.0 Å². The number of carbonyl (C=O) groups is 3. The topological polar surface area (TPSA) is 170 Å². The van der Waals surface area contributed by atoms with Gasteiger partial charge in [-0.2, -0.15) is 13.3 Å². The van der Waals surface area contributed by atoms with Crippen molar-refractivity contribution in [3.63, 3.8) is 0 Å². The number of nitrogens with two attached hydrogens (primary N) is 1. The van der Waals surface area contributed by atoms with Crippen LogP contribution in [-0.2, 0) is 14.4 Å². The summed E-state index contributed by atoms with van der Waals surface area (Å²) < 4.78 is 0. The molecule has 1 amide bonds. The molecule has 0 aromatic heterocycles. The number of amides is 1. The number of carboxylic acids is 1. The molecule has 0 saturated carbocycles. The largest absolute Gasteiger partial charge is 0.481 e. The van der Waals surface area contributed by atoms with Crippen LogP contribution in [0, 0.1) is 65.1 Å². The Kier molecular flexibility index (Phi) is 37.1. The van der Waals surface area contributed by atoms with Crippen molar-refractivity contribution in [3.8, 4) is 0 Å². The molecule has 0 spiro atoms. The van der Waals surface area contributed by atoms with Gasteiger partial charge in [0.2, 0.25) is 5.91 Å². The summed E-state index contributed by atoms with van der Waals surface area (Å²) in [5.41, 5.74) is 4.63. The number of rotatable bonds is 18. The number of aliphatic hydroxyl groups excluding tert-OH is 3. The zero-order valence-corrected chi connectivity index (χ0v) is 38.1. The van der Waals surface area contributed by atoms with Gasteiger partial charge in [0.1, 0.15) is 0 Å². The molecule has 0 saturated heterocycles. The van der Waals surface area contributed by atoms with Gasteiger partial charge in [-0.3, -0.25) is 14.4 Å². The van der Waals surface area contributed by atoms with Crippen LogP contribution in [0.4, 0.5) is 0 Å². The second kappa shape index (κ2) is 30.0. The molecule has 0 radical (unpaired) electrons. The van der Waals surface area contributed by atoms with E-state index in [1.165, 1.54) is 0 Å². The van der Waals surface area contributed by atoms with E-state index in [0.29, 0.717) is 18.9 Å². The van der Waals surface area contributed by atoms with E-state index in [-0.39, 0.29) is 80.0 Å². The zero-order chi connectivity index (χ0) is 38.4. The van der Waals surface area contributed by atoms with Crippen LogP contribution in [0.3, 0.4) is 0 Å². The van der Waals surface area contributed by atoms with Crippen molar-refractivity contribution in [2.24, 2.45) is 33.3 Å². The van der Waals surface area contributed by atoms with E-state index in [4.69, 9.17) is 10.8 Å². The summed E-state index contributed by atoms with van der Waals surface area (Å²) >= 11 is 0.